The molecular formula is C25H45N. The van der Waals surface area contributed by atoms with E-state index in [0.29, 0.717) is 10.8 Å². The first-order chi connectivity index (χ1) is 12.4. The van der Waals surface area contributed by atoms with E-state index in [1.807, 2.05) is 0 Å². The summed E-state index contributed by atoms with van der Waals surface area (Å²) in [6.07, 6.45) is 14.9. The molecule has 4 rings (SSSR count). The van der Waals surface area contributed by atoms with Crippen molar-refractivity contribution in [2.45, 2.75) is 105 Å². The fraction of sp³-hybridized carbons (Fsp3) is 1.00. The molecule has 1 N–H and O–H groups in total. The van der Waals surface area contributed by atoms with Gasteiger partial charge in [-0.25, -0.2) is 0 Å². The predicted octanol–water partition coefficient (Wildman–Crippen LogP) is 6.67. The molecule has 4 fully saturated rings. The number of nitrogens with one attached hydrogen (secondary N) is 1. The molecule has 1 heterocycles. The molecule has 0 radical (unpaired) electrons. The first-order valence-electron chi connectivity index (χ1n) is 12.1. The van der Waals surface area contributed by atoms with Crippen molar-refractivity contribution in [3.8, 4) is 0 Å². The Kier molecular flexibility index (Phi) is 5.26. The van der Waals surface area contributed by atoms with E-state index in [-0.39, 0.29) is 0 Å². The summed E-state index contributed by atoms with van der Waals surface area (Å²) < 4.78 is 0. The molecule has 3 saturated carbocycles. The standard InChI is InChI=1S/C25H45N/c1-17(2)7-6-8-18(3)20-10-11-21-19-9-12-23-25(5,15-16-26-23)22(19)13-14-24(20,21)4/h17-23,26H,6-16H2,1-5H3. The highest BCUT2D eigenvalue weighted by Crippen LogP contribution is 2.66. The molecule has 0 aromatic heterocycles. The van der Waals surface area contributed by atoms with E-state index >= 15 is 0 Å². The lowest BCUT2D eigenvalue weighted by molar-refractivity contribution is -0.0774. The molecule has 0 bridgehead atoms. The van der Waals surface area contributed by atoms with Gasteiger partial charge >= 0.3 is 0 Å². The van der Waals surface area contributed by atoms with Gasteiger partial charge in [-0.15, -0.1) is 0 Å². The monoisotopic (exact) mass is 359 g/mol. The Hall–Kier alpha value is -0.0400. The molecule has 0 aromatic carbocycles. The molecule has 4 aliphatic rings. The van der Waals surface area contributed by atoms with Crippen LogP contribution in [0.3, 0.4) is 0 Å². The fourth-order valence-electron chi connectivity index (χ4n) is 8.69. The molecule has 3 aliphatic carbocycles. The van der Waals surface area contributed by atoms with Crippen molar-refractivity contribution in [3.05, 3.63) is 0 Å². The van der Waals surface area contributed by atoms with E-state index in [1.165, 1.54) is 64.3 Å². The Bertz CT molecular complexity index is 498. The second-order valence-electron chi connectivity index (χ2n) is 11.7. The molecule has 1 saturated heterocycles. The van der Waals surface area contributed by atoms with Gasteiger partial charge in [0.15, 0.2) is 0 Å². The van der Waals surface area contributed by atoms with E-state index in [1.54, 1.807) is 6.42 Å². The molecule has 8 atom stereocenters. The predicted molar refractivity (Wildman–Crippen MR) is 112 cm³/mol. The zero-order valence-corrected chi connectivity index (χ0v) is 18.3. The van der Waals surface area contributed by atoms with Gasteiger partial charge in [-0.1, -0.05) is 53.9 Å². The van der Waals surface area contributed by atoms with Gasteiger partial charge in [0.1, 0.15) is 0 Å². The summed E-state index contributed by atoms with van der Waals surface area (Å²) in [6.45, 7) is 14.0. The largest absolute Gasteiger partial charge is 0.313 e. The van der Waals surface area contributed by atoms with E-state index in [0.717, 1.165) is 41.5 Å². The average Bonchev–Trinajstić information content (AvgIpc) is 3.13. The second-order valence-corrected chi connectivity index (χ2v) is 11.7. The van der Waals surface area contributed by atoms with Gasteiger partial charge in [-0.3, -0.25) is 0 Å². The van der Waals surface area contributed by atoms with Crippen LogP contribution in [0.25, 0.3) is 0 Å². The van der Waals surface area contributed by atoms with E-state index < -0.39 is 0 Å². The molecule has 0 aromatic rings. The first kappa shape index (κ1) is 19.3. The van der Waals surface area contributed by atoms with Crippen molar-refractivity contribution >= 4 is 0 Å². The number of hydrogen-bond donors (Lipinski definition) is 1. The minimum absolute atomic E-state index is 0.616. The summed E-state index contributed by atoms with van der Waals surface area (Å²) in [4.78, 5) is 0. The minimum Gasteiger partial charge on any atom is -0.313 e. The molecule has 150 valence electrons. The number of fused-ring (bicyclic) bond motifs is 5. The van der Waals surface area contributed by atoms with Gasteiger partial charge in [0, 0.05) is 6.04 Å². The van der Waals surface area contributed by atoms with Crippen molar-refractivity contribution in [1.82, 2.24) is 5.32 Å². The summed E-state index contributed by atoms with van der Waals surface area (Å²) in [5.74, 6) is 5.93. The van der Waals surface area contributed by atoms with Crippen LogP contribution in [0.5, 0.6) is 0 Å². The van der Waals surface area contributed by atoms with Crippen molar-refractivity contribution < 1.29 is 0 Å². The molecule has 26 heavy (non-hydrogen) atoms. The summed E-state index contributed by atoms with van der Waals surface area (Å²) in [5, 5.41) is 3.86. The Labute approximate surface area is 163 Å². The fourth-order valence-corrected chi connectivity index (χ4v) is 8.69. The Morgan fingerprint density at radius 1 is 0.846 bits per heavy atom. The third-order valence-corrected chi connectivity index (χ3v) is 10.1. The first-order valence-corrected chi connectivity index (χ1v) is 12.1. The SMILES string of the molecule is CC(C)CCCC(C)C1CCC2C3CCC4NCCC4(C)C3CCC12C. The third kappa shape index (κ3) is 2.99. The van der Waals surface area contributed by atoms with Crippen LogP contribution in [0.1, 0.15) is 98.8 Å². The molecule has 0 amide bonds. The van der Waals surface area contributed by atoms with Crippen LogP contribution in [-0.4, -0.2) is 12.6 Å². The Morgan fingerprint density at radius 3 is 2.38 bits per heavy atom. The maximum atomic E-state index is 3.86. The van der Waals surface area contributed by atoms with Gasteiger partial charge in [-0.05, 0) is 97.8 Å². The van der Waals surface area contributed by atoms with Crippen LogP contribution in [0.2, 0.25) is 0 Å². The normalized spacial score (nSPS) is 48.9. The maximum Gasteiger partial charge on any atom is 0.0124 e. The van der Waals surface area contributed by atoms with E-state index in [4.69, 9.17) is 0 Å². The van der Waals surface area contributed by atoms with Crippen molar-refractivity contribution in [2.24, 2.45) is 46.3 Å². The zero-order valence-electron chi connectivity index (χ0n) is 18.3. The molecule has 1 nitrogen and oxygen atoms in total. The highest BCUT2D eigenvalue weighted by atomic mass is 15.0. The molecule has 8 unspecified atom stereocenters. The lowest BCUT2D eigenvalue weighted by Gasteiger charge is -2.58. The van der Waals surface area contributed by atoms with Gasteiger partial charge in [0.25, 0.3) is 0 Å². The van der Waals surface area contributed by atoms with Crippen molar-refractivity contribution in [2.75, 3.05) is 6.54 Å². The Balaban J connectivity index is 1.46. The number of hydrogen-bond acceptors (Lipinski definition) is 1. The quantitative estimate of drug-likeness (QED) is 0.578. The van der Waals surface area contributed by atoms with Gasteiger partial charge in [-0.2, -0.15) is 0 Å². The van der Waals surface area contributed by atoms with Crippen LogP contribution < -0.4 is 5.32 Å². The Morgan fingerprint density at radius 2 is 1.62 bits per heavy atom. The van der Waals surface area contributed by atoms with Crippen LogP contribution in [0.4, 0.5) is 0 Å². The third-order valence-electron chi connectivity index (χ3n) is 10.1. The summed E-state index contributed by atoms with van der Waals surface area (Å²) in [5.41, 5.74) is 1.28. The van der Waals surface area contributed by atoms with Gasteiger partial charge in [0.2, 0.25) is 0 Å². The van der Waals surface area contributed by atoms with Crippen LogP contribution in [0.15, 0.2) is 0 Å². The summed E-state index contributed by atoms with van der Waals surface area (Å²) >= 11 is 0. The topological polar surface area (TPSA) is 12.0 Å². The lowest BCUT2D eigenvalue weighted by atomic mass is 9.48. The van der Waals surface area contributed by atoms with Gasteiger partial charge < -0.3 is 5.32 Å². The molecule has 1 aliphatic heterocycles. The molecule has 0 spiro atoms. The van der Waals surface area contributed by atoms with E-state index in [2.05, 4.69) is 39.9 Å². The van der Waals surface area contributed by atoms with Crippen LogP contribution >= 0.6 is 0 Å². The maximum absolute atomic E-state index is 3.86. The van der Waals surface area contributed by atoms with Crippen molar-refractivity contribution in [3.63, 3.8) is 0 Å². The molecular weight excluding hydrogens is 314 g/mol. The van der Waals surface area contributed by atoms with E-state index in [9.17, 15) is 0 Å². The van der Waals surface area contributed by atoms with Gasteiger partial charge in [0.05, 0.1) is 0 Å². The average molecular weight is 360 g/mol. The minimum atomic E-state index is 0.616. The second kappa shape index (κ2) is 7.09. The molecule has 1 heteroatoms. The highest BCUT2D eigenvalue weighted by Gasteiger charge is 2.60. The van der Waals surface area contributed by atoms with Crippen LogP contribution in [0, 0.1) is 46.3 Å². The summed E-state index contributed by atoms with van der Waals surface area (Å²) in [6, 6.07) is 0.834. The summed E-state index contributed by atoms with van der Waals surface area (Å²) in [7, 11) is 0. The zero-order chi connectivity index (χ0) is 18.5. The number of rotatable bonds is 5. The van der Waals surface area contributed by atoms with Crippen molar-refractivity contribution in [1.29, 1.82) is 0 Å². The lowest BCUT2D eigenvalue weighted by Crippen LogP contribution is -2.54. The smallest absolute Gasteiger partial charge is 0.0124 e. The van der Waals surface area contributed by atoms with Crippen LogP contribution in [-0.2, 0) is 0 Å². The highest BCUT2D eigenvalue weighted by molar-refractivity contribution is 5.11.